The number of aliphatic imine (C=N–C) groups is 1. The van der Waals surface area contributed by atoms with Crippen molar-refractivity contribution in [2.24, 2.45) is 10.7 Å². The molecule has 2 aromatic rings. The van der Waals surface area contributed by atoms with Gasteiger partial charge in [0, 0.05) is 17.8 Å². The lowest BCUT2D eigenvalue weighted by Gasteiger charge is -2.08. The van der Waals surface area contributed by atoms with Crippen molar-refractivity contribution in [1.29, 1.82) is 0 Å². The van der Waals surface area contributed by atoms with Crippen LogP contribution in [0.2, 0.25) is 0 Å². The summed E-state index contributed by atoms with van der Waals surface area (Å²) in [6, 6.07) is 15.8. The Labute approximate surface area is 172 Å². The fraction of sp³-hybridized carbons (Fsp3) is 0.300. The molecule has 0 fully saturated rings. The van der Waals surface area contributed by atoms with E-state index < -0.39 is 0 Å². The summed E-state index contributed by atoms with van der Waals surface area (Å²) in [5, 5.41) is 6.00. The van der Waals surface area contributed by atoms with Crippen LogP contribution in [0.15, 0.2) is 53.5 Å². The van der Waals surface area contributed by atoms with E-state index in [1.807, 2.05) is 43.3 Å². The fourth-order valence-electron chi connectivity index (χ4n) is 2.43. The zero-order valence-electron chi connectivity index (χ0n) is 15.3. The van der Waals surface area contributed by atoms with Crippen LogP contribution < -0.4 is 16.4 Å². The number of guanidine groups is 1. The van der Waals surface area contributed by atoms with Crippen LogP contribution in [0.25, 0.3) is 0 Å². The normalized spacial score (nSPS) is 10.8. The van der Waals surface area contributed by atoms with Crippen molar-refractivity contribution in [2.45, 2.75) is 39.7 Å². The summed E-state index contributed by atoms with van der Waals surface area (Å²) in [4.78, 5) is 16.0. The number of anilines is 2. The van der Waals surface area contributed by atoms with E-state index in [2.05, 4.69) is 34.7 Å². The number of halogens is 1. The average molecular weight is 466 g/mol. The molecule has 5 nitrogen and oxygen atoms in total. The van der Waals surface area contributed by atoms with E-state index in [1.54, 1.807) is 0 Å². The number of hydrogen-bond acceptors (Lipinski definition) is 2. The molecule has 2 rings (SSSR count). The van der Waals surface area contributed by atoms with Crippen molar-refractivity contribution in [3.63, 3.8) is 0 Å². The fourth-order valence-corrected chi connectivity index (χ4v) is 2.43. The first-order valence-electron chi connectivity index (χ1n) is 8.65. The second kappa shape index (κ2) is 11.5. The van der Waals surface area contributed by atoms with Gasteiger partial charge in [-0.05, 0) is 48.2 Å². The van der Waals surface area contributed by atoms with Crippen molar-refractivity contribution in [2.75, 3.05) is 10.6 Å². The Balaban J connectivity index is 0.00000338. The molecule has 6 heteroatoms. The molecule has 4 N–H and O–H groups in total. The number of benzene rings is 2. The number of nitrogens with one attached hydrogen (secondary N) is 2. The zero-order chi connectivity index (χ0) is 18.1. The average Bonchev–Trinajstić information content (AvgIpc) is 2.60. The van der Waals surface area contributed by atoms with Crippen LogP contribution in [0, 0.1) is 0 Å². The maximum Gasteiger partial charge on any atom is 0.224 e. The van der Waals surface area contributed by atoms with Crippen LogP contribution in [0.4, 0.5) is 11.4 Å². The van der Waals surface area contributed by atoms with Crippen molar-refractivity contribution >= 4 is 47.2 Å². The highest BCUT2D eigenvalue weighted by Crippen LogP contribution is 2.13. The molecule has 0 heterocycles. The number of hydrogen-bond donors (Lipinski definition) is 3. The lowest BCUT2D eigenvalue weighted by atomic mass is 10.1. The monoisotopic (exact) mass is 466 g/mol. The minimum absolute atomic E-state index is 0. The number of amides is 1. The highest BCUT2D eigenvalue weighted by Gasteiger charge is 2.02. The molecule has 0 unspecified atom stereocenters. The molecule has 0 aliphatic rings. The zero-order valence-corrected chi connectivity index (χ0v) is 17.6. The summed E-state index contributed by atoms with van der Waals surface area (Å²) in [6.07, 6.45) is 2.33. The molecule has 0 atom stereocenters. The summed E-state index contributed by atoms with van der Waals surface area (Å²) in [5.41, 5.74) is 9.92. The molecule has 0 aliphatic carbocycles. The van der Waals surface area contributed by atoms with Crippen molar-refractivity contribution < 1.29 is 4.79 Å². The molecule has 0 aliphatic heterocycles. The Kier molecular flexibility index (Phi) is 9.72. The first-order valence-corrected chi connectivity index (χ1v) is 8.65. The largest absolute Gasteiger partial charge is 0.370 e. The lowest BCUT2D eigenvalue weighted by molar-refractivity contribution is -0.116. The third-order valence-electron chi connectivity index (χ3n) is 3.73. The maximum absolute atomic E-state index is 11.7. The molecule has 26 heavy (non-hydrogen) atoms. The number of rotatable bonds is 7. The lowest BCUT2D eigenvalue weighted by Crippen LogP contribution is -2.22. The Morgan fingerprint density at radius 1 is 1.00 bits per heavy atom. The third-order valence-corrected chi connectivity index (χ3v) is 3.73. The first kappa shape index (κ1) is 22.0. The van der Waals surface area contributed by atoms with Gasteiger partial charge in [0.05, 0.1) is 6.54 Å². The van der Waals surface area contributed by atoms with E-state index in [4.69, 9.17) is 5.73 Å². The van der Waals surface area contributed by atoms with E-state index in [0.717, 1.165) is 29.8 Å². The molecular weight excluding hydrogens is 439 g/mol. The Bertz CT molecular complexity index is 746. The highest BCUT2D eigenvalue weighted by atomic mass is 127. The first-order chi connectivity index (χ1) is 12.1. The summed E-state index contributed by atoms with van der Waals surface area (Å²) in [7, 11) is 0. The van der Waals surface area contributed by atoms with E-state index in [9.17, 15) is 4.79 Å². The number of carbonyl (C=O) groups is 1. The van der Waals surface area contributed by atoms with Gasteiger partial charge in [0.1, 0.15) is 0 Å². The van der Waals surface area contributed by atoms with E-state index in [-0.39, 0.29) is 29.9 Å². The molecule has 1 amide bonds. The van der Waals surface area contributed by atoms with Gasteiger partial charge in [0.25, 0.3) is 0 Å². The highest BCUT2D eigenvalue weighted by molar-refractivity contribution is 14.0. The molecule has 0 saturated carbocycles. The van der Waals surface area contributed by atoms with Crippen LogP contribution in [-0.2, 0) is 17.8 Å². The van der Waals surface area contributed by atoms with Gasteiger partial charge in [-0.15, -0.1) is 24.0 Å². The molecule has 0 bridgehead atoms. The summed E-state index contributed by atoms with van der Waals surface area (Å²) in [5.74, 6) is 0.397. The van der Waals surface area contributed by atoms with E-state index in [1.165, 1.54) is 5.56 Å². The van der Waals surface area contributed by atoms with Gasteiger partial charge in [-0.25, -0.2) is 4.99 Å². The summed E-state index contributed by atoms with van der Waals surface area (Å²) < 4.78 is 0. The SMILES string of the molecule is CCCC(=O)Nc1cccc(CN=C(N)Nc2cccc(CC)c2)c1.I. The van der Waals surface area contributed by atoms with Crippen LogP contribution in [0.5, 0.6) is 0 Å². The molecule has 0 radical (unpaired) electrons. The number of carbonyl (C=O) groups excluding carboxylic acids is 1. The van der Waals surface area contributed by atoms with Crippen LogP contribution in [-0.4, -0.2) is 11.9 Å². The van der Waals surface area contributed by atoms with E-state index >= 15 is 0 Å². The molecule has 0 spiro atoms. The number of aryl methyl sites for hydroxylation is 1. The van der Waals surface area contributed by atoms with Gasteiger partial charge in [-0.1, -0.05) is 38.1 Å². The predicted octanol–water partition coefficient (Wildman–Crippen LogP) is 4.53. The Morgan fingerprint density at radius 2 is 1.62 bits per heavy atom. The molecule has 0 aromatic heterocycles. The third kappa shape index (κ3) is 7.43. The minimum atomic E-state index is 0. The maximum atomic E-state index is 11.7. The summed E-state index contributed by atoms with van der Waals surface area (Å²) in [6.45, 7) is 4.54. The second-order valence-electron chi connectivity index (χ2n) is 5.88. The number of nitrogens with zero attached hydrogens (tertiary/aromatic N) is 1. The van der Waals surface area contributed by atoms with Crippen LogP contribution >= 0.6 is 24.0 Å². The topological polar surface area (TPSA) is 79.5 Å². The Morgan fingerprint density at radius 3 is 2.27 bits per heavy atom. The van der Waals surface area contributed by atoms with Gasteiger partial charge in [0.15, 0.2) is 5.96 Å². The second-order valence-corrected chi connectivity index (χ2v) is 5.88. The molecule has 2 aromatic carbocycles. The smallest absolute Gasteiger partial charge is 0.224 e. The van der Waals surface area contributed by atoms with Crippen molar-refractivity contribution in [1.82, 2.24) is 0 Å². The van der Waals surface area contributed by atoms with Gasteiger partial charge in [0.2, 0.25) is 5.91 Å². The van der Waals surface area contributed by atoms with Gasteiger partial charge >= 0.3 is 0 Å². The van der Waals surface area contributed by atoms with Crippen molar-refractivity contribution in [3.05, 3.63) is 59.7 Å². The van der Waals surface area contributed by atoms with Crippen LogP contribution in [0.3, 0.4) is 0 Å². The summed E-state index contributed by atoms with van der Waals surface area (Å²) >= 11 is 0. The Hall–Kier alpha value is -2.09. The van der Waals surface area contributed by atoms with Crippen molar-refractivity contribution in [3.8, 4) is 0 Å². The van der Waals surface area contributed by atoms with E-state index in [0.29, 0.717) is 18.9 Å². The quantitative estimate of drug-likeness (QED) is 0.319. The molecular formula is C20H27IN4O. The van der Waals surface area contributed by atoms with Crippen LogP contribution in [0.1, 0.15) is 37.8 Å². The predicted molar refractivity (Wildman–Crippen MR) is 120 cm³/mol. The molecule has 140 valence electrons. The van der Waals surface area contributed by atoms with Gasteiger partial charge < -0.3 is 16.4 Å². The minimum Gasteiger partial charge on any atom is -0.370 e. The number of nitrogens with two attached hydrogens (primary N) is 1. The van der Waals surface area contributed by atoms with Gasteiger partial charge in [-0.3, -0.25) is 4.79 Å². The molecule has 0 saturated heterocycles. The van der Waals surface area contributed by atoms with Gasteiger partial charge in [-0.2, -0.15) is 0 Å². The standard InChI is InChI=1S/C20H26N4O.HI/c1-3-7-19(25)23-17-10-6-9-16(13-17)14-22-20(21)24-18-11-5-8-15(4-2)12-18;/h5-6,8-13H,3-4,7,14H2,1-2H3,(H,23,25)(H3,21,22,24);1H.